The molecule has 7 nitrogen and oxygen atoms in total. The van der Waals surface area contributed by atoms with Crippen molar-refractivity contribution in [2.45, 2.75) is 44.9 Å². The Bertz CT molecular complexity index is 570. The van der Waals surface area contributed by atoms with Crippen molar-refractivity contribution < 1.29 is 28.9 Å². The highest BCUT2D eigenvalue weighted by molar-refractivity contribution is 5.80. The summed E-state index contributed by atoms with van der Waals surface area (Å²) < 4.78 is 16.3. The lowest BCUT2D eigenvalue weighted by Gasteiger charge is -2.23. The zero-order valence-corrected chi connectivity index (χ0v) is 14.4. The molecule has 1 fully saturated rings. The molecule has 25 heavy (non-hydrogen) atoms. The van der Waals surface area contributed by atoms with Crippen molar-refractivity contribution in [1.82, 2.24) is 5.32 Å². The van der Waals surface area contributed by atoms with Crippen molar-refractivity contribution in [3.8, 4) is 5.75 Å². The van der Waals surface area contributed by atoms with E-state index in [1.807, 2.05) is 6.07 Å². The van der Waals surface area contributed by atoms with Crippen molar-refractivity contribution >= 4 is 11.9 Å². The topological polar surface area (TPSA) is 94.1 Å². The van der Waals surface area contributed by atoms with E-state index >= 15 is 0 Å². The maximum Gasteiger partial charge on any atom is 0.341 e. The Morgan fingerprint density at radius 1 is 1.40 bits per heavy atom. The van der Waals surface area contributed by atoms with E-state index in [9.17, 15) is 9.59 Å². The third-order valence-corrected chi connectivity index (χ3v) is 3.90. The van der Waals surface area contributed by atoms with Crippen LogP contribution in [0.4, 0.5) is 0 Å². The van der Waals surface area contributed by atoms with E-state index in [0.29, 0.717) is 18.9 Å². The third-order valence-electron chi connectivity index (χ3n) is 3.90. The Morgan fingerprint density at radius 2 is 2.24 bits per heavy atom. The second-order valence-electron chi connectivity index (χ2n) is 6.01. The number of carboxylic acid groups (broad SMARTS) is 1. The molecule has 2 N–H and O–H groups in total. The smallest absolute Gasteiger partial charge is 0.341 e. The minimum absolute atomic E-state index is 0.0760. The van der Waals surface area contributed by atoms with Gasteiger partial charge in [0.25, 0.3) is 0 Å². The van der Waals surface area contributed by atoms with E-state index in [0.717, 1.165) is 31.4 Å². The van der Waals surface area contributed by atoms with Crippen LogP contribution in [-0.2, 0) is 25.6 Å². The minimum Gasteiger partial charge on any atom is -0.482 e. The van der Waals surface area contributed by atoms with E-state index in [1.165, 1.54) is 0 Å². The monoisotopic (exact) mass is 351 g/mol. The summed E-state index contributed by atoms with van der Waals surface area (Å²) in [5, 5.41) is 11.4. The largest absolute Gasteiger partial charge is 0.482 e. The summed E-state index contributed by atoms with van der Waals surface area (Å²) in [7, 11) is 0. The molecule has 1 aromatic carbocycles. The number of ether oxygens (including phenoxy) is 3. The Morgan fingerprint density at radius 3 is 2.96 bits per heavy atom. The summed E-state index contributed by atoms with van der Waals surface area (Å²) in [4.78, 5) is 22.6. The average Bonchev–Trinajstić information content (AvgIpc) is 2.63. The molecule has 1 aliphatic rings. The number of hydrogen-bond acceptors (Lipinski definition) is 5. The summed E-state index contributed by atoms with van der Waals surface area (Å²) in [6, 6.07) is 6.95. The number of carboxylic acids is 1. The highest BCUT2D eigenvalue weighted by Gasteiger charge is 2.18. The maximum atomic E-state index is 12.1. The Hall–Kier alpha value is -2.12. The molecule has 2 atom stereocenters. The van der Waals surface area contributed by atoms with E-state index in [2.05, 4.69) is 5.32 Å². The number of aliphatic carboxylic acids is 1. The van der Waals surface area contributed by atoms with Gasteiger partial charge in [-0.3, -0.25) is 4.79 Å². The lowest BCUT2D eigenvalue weighted by atomic mass is 10.1. The molecule has 0 aliphatic carbocycles. The molecule has 7 heteroatoms. The first-order valence-electron chi connectivity index (χ1n) is 8.49. The van der Waals surface area contributed by atoms with Gasteiger partial charge in [0.15, 0.2) is 6.61 Å². The lowest BCUT2D eigenvalue weighted by Crippen LogP contribution is -2.36. The molecule has 1 aromatic rings. The first kappa shape index (κ1) is 19.2. The van der Waals surface area contributed by atoms with Crippen LogP contribution in [0.1, 0.15) is 31.7 Å². The molecule has 1 amide bonds. The SMILES string of the molecule is CC(OCC1CCCCO1)C(=O)NCc1cccc(OCC(=O)O)c1. The minimum atomic E-state index is -1.04. The number of rotatable bonds is 9. The fourth-order valence-corrected chi connectivity index (χ4v) is 2.49. The predicted molar refractivity (Wildman–Crippen MR) is 90.4 cm³/mol. The standard InChI is InChI=1S/C18H25NO6/c1-13(24-11-16-6-2-3-8-23-16)18(22)19-10-14-5-4-7-15(9-14)25-12-17(20)21/h4-5,7,9,13,16H,2-3,6,8,10-12H2,1H3,(H,19,22)(H,20,21). The van der Waals surface area contributed by atoms with Crippen LogP contribution in [0, 0.1) is 0 Å². The number of nitrogens with one attached hydrogen (secondary N) is 1. The Balaban J connectivity index is 1.72. The second kappa shape index (κ2) is 10.0. The summed E-state index contributed by atoms with van der Waals surface area (Å²) in [6.45, 7) is 2.81. The normalized spacial score (nSPS) is 18.4. The first-order chi connectivity index (χ1) is 12.0. The highest BCUT2D eigenvalue weighted by atomic mass is 16.5. The van der Waals surface area contributed by atoms with Crippen molar-refractivity contribution in [3.05, 3.63) is 29.8 Å². The van der Waals surface area contributed by atoms with E-state index < -0.39 is 18.7 Å². The molecule has 0 aromatic heterocycles. The summed E-state index contributed by atoms with van der Waals surface area (Å²) in [5.41, 5.74) is 0.819. The second-order valence-corrected chi connectivity index (χ2v) is 6.01. The van der Waals surface area contributed by atoms with Gasteiger partial charge in [0.1, 0.15) is 11.9 Å². The van der Waals surface area contributed by atoms with Gasteiger partial charge in [0.2, 0.25) is 5.91 Å². The fraction of sp³-hybridized carbons (Fsp3) is 0.556. The maximum absolute atomic E-state index is 12.1. The van der Waals surface area contributed by atoms with Crippen molar-refractivity contribution in [2.75, 3.05) is 19.8 Å². The quantitative estimate of drug-likeness (QED) is 0.704. The van der Waals surface area contributed by atoms with Gasteiger partial charge < -0.3 is 24.6 Å². The van der Waals surface area contributed by atoms with Crippen LogP contribution in [0.3, 0.4) is 0 Å². The summed E-state index contributed by atoms with van der Waals surface area (Å²) >= 11 is 0. The molecule has 2 unspecified atom stereocenters. The molecule has 1 aliphatic heterocycles. The van der Waals surface area contributed by atoms with Crippen LogP contribution < -0.4 is 10.1 Å². The van der Waals surface area contributed by atoms with Crippen LogP contribution in [0.15, 0.2) is 24.3 Å². The molecular formula is C18H25NO6. The molecule has 1 saturated heterocycles. The Labute approximate surface area is 147 Å². The van der Waals surface area contributed by atoms with Gasteiger partial charge in [-0.25, -0.2) is 4.79 Å². The molecule has 138 valence electrons. The molecule has 1 heterocycles. The first-order valence-corrected chi connectivity index (χ1v) is 8.49. The number of benzene rings is 1. The van der Waals surface area contributed by atoms with Crippen molar-refractivity contribution in [1.29, 1.82) is 0 Å². The zero-order valence-electron chi connectivity index (χ0n) is 14.4. The summed E-state index contributed by atoms with van der Waals surface area (Å²) in [5.74, 6) is -0.785. The predicted octanol–water partition coefficient (Wildman–Crippen LogP) is 1.74. The van der Waals surface area contributed by atoms with E-state index in [-0.39, 0.29) is 12.0 Å². The molecule has 2 rings (SSSR count). The molecule has 0 spiro atoms. The van der Waals surface area contributed by atoms with Crippen molar-refractivity contribution in [3.63, 3.8) is 0 Å². The Kier molecular flexibility index (Phi) is 7.69. The van der Waals surface area contributed by atoms with E-state index in [1.54, 1.807) is 25.1 Å². The molecule has 0 radical (unpaired) electrons. The lowest BCUT2D eigenvalue weighted by molar-refractivity contribution is -0.139. The van der Waals surface area contributed by atoms with Crippen LogP contribution in [-0.4, -0.2) is 49.0 Å². The fourth-order valence-electron chi connectivity index (χ4n) is 2.49. The molecular weight excluding hydrogens is 326 g/mol. The summed E-state index contributed by atoms with van der Waals surface area (Å²) in [6.07, 6.45) is 2.71. The molecule has 0 bridgehead atoms. The highest BCUT2D eigenvalue weighted by Crippen LogP contribution is 2.14. The van der Waals surface area contributed by atoms with Gasteiger partial charge >= 0.3 is 5.97 Å². The van der Waals surface area contributed by atoms with Gasteiger partial charge in [-0.05, 0) is 43.9 Å². The van der Waals surface area contributed by atoms with Gasteiger partial charge in [0, 0.05) is 13.2 Å². The number of hydrogen-bond donors (Lipinski definition) is 2. The number of carbonyl (C=O) groups excluding carboxylic acids is 1. The van der Waals surface area contributed by atoms with Crippen LogP contribution >= 0.6 is 0 Å². The van der Waals surface area contributed by atoms with Gasteiger partial charge in [0.05, 0.1) is 12.7 Å². The molecule has 0 saturated carbocycles. The number of amides is 1. The average molecular weight is 351 g/mol. The van der Waals surface area contributed by atoms with Crippen LogP contribution in [0.2, 0.25) is 0 Å². The van der Waals surface area contributed by atoms with Crippen LogP contribution in [0.25, 0.3) is 0 Å². The van der Waals surface area contributed by atoms with Gasteiger partial charge in [-0.2, -0.15) is 0 Å². The van der Waals surface area contributed by atoms with Gasteiger partial charge in [-0.15, -0.1) is 0 Å². The third kappa shape index (κ3) is 7.11. The zero-order chi connectivity index (χ0) is 18.1. The van der Waals surface area contributed by atoms with E-state index in [4.69, 9.17) is 19.3 Å². The van der Waals surface area contributed by atoms with Gasteiger partial charge in [-0.1, -0.05) is 12.1 Å². The van der Waals surface area contributed by atoms with Crippen LogP contribution in [0.5, 0.6) is 5.75 Å². The van der Waals surface area contributed by atoms with Crippen molar-refractivity contribution in [2.24, 2.45) is 0 Å². The number of carbonyl (C=O) groups is 2.